The van der Waals surface area contributed by atoms with Crippen LogP contribution in [0.5, 0.6) is 0 Å². The van der Waals surface area contributed by atoms with Gasteiger partial charge in [-0.1, -0.05) is 36.4 Å². The van der Waals surface area contributed by atoms with Crippen molar-refractivity contribution in [2.24, 2.45) is 0 Å². The molecule has 0 atom stereocenters. The summed E-state index contributed by atoms with van der Waals surface area (Å²) in [7, 11) is -3.49. The van der Waals surface area contributed by atoms with Crippen molar-refractivity contribution in [3.05, 3.63) is 58.4 Å². The van der Waals surface area contributed by atoms with Crippen LogP contribution in [0.2, 0.25) is 0 Å². The molecule has 0 aliphatic carbocycles. The van der Waals surface area contributed by atoms with Crippen LogP contribution in [0.15, 0.2) is 62.6 Å². The van der Waals surface area contributed by atoms with Gasteiger partial charge in [0.2, 0.25) is 5.91 Å². The summed E-state index contributed by atoms with van der Waals surface area (Å²) >= 11 is 4.54. The molecule has 0 spiro atoms. The number of rotatable bonds is 5. The molecule has 1 N–H and O–H groups in total. The van der Waals surface area contributed by atoms with Gasteiger partial charge in [0, 0.05) is 30.7 Å². The maximum Gasteiger partial charge on any atom is 0.252 e. The molecule has 2 aromatic carbocycles. The van der Waals surface area contributed by atoms with E-state index in [2.05, 4.69) is 21.2 Å². The molecule has 1 aromatic heterocycles. The van der Waals surface area contributed by atoms with Gasteiger partial charge in [-0.3, -0.25) is 9.69 Å². The first kappa shape index (κ1) is 21.5. The van der Waals surface area contributed by atoms with Crippen molar-refractivity contribution < 1.29 is 13.2 Å². The summed E-state index contributed by atoms with van der Waals surface area (Å²) in [5.41, 5.74) is 0.792. The molecule has 158 valence electrons. The van der Waals surface area contributed by atoms with Gasteiger partial charge in [0.1, 0.15) is 4.21 Å². The number of anilines is 1. The van der Waals surface area contributed by atoms with Crippen molar-refractivity contribution in [2.75, 3.05) is 38.0 Å². The van der Waals surface area contributed by atoms with Gasteiger partial charge in [-0.25, -0.2) is 8.42 Å². The highest BCUT2D eigenvalue weighted by Crippen LogP contribution is 2.29. The number of carbonyl (C=O) groups is 1. The molecule has 0 saturated carbocycles. The maximum atomic E-state index is 12.9. The molecule has 1 fully saturated rings. The van der Waals surface area contributed by atoms with E-state index in [1.54, 1.807) is 12.1 Å². The second-order valence-corrected chi connectivity index (χ2v) is 11.8. The minimum absolute atomic E-state index is 0.0927. The van der Waals surface area contributed by atoms with E-state index in [0.29, 0.717) is 36.8 Å². The van der Waals surface area contributed by atoms with Crippen LogP contribution in [-0.4, -0.2) is 56.3 Å². The Labute approximate surface area is 188 Å². The van der Waals surface area contributed by atoms with E-state index in [4.69, 9.17) is 0 Å². The first-order valence-electron chi connectivity index (χ1n) is 9.69. The number of thiophene rings is 1. The average Bonchev–Trinajstić information content (AvgIpc) is 3.03. The van der Waals surface area contributed by atoms with Crippen LogP contribution in [0, 0.1) is 0 Å². The number of hydrogen-bond acceptors (Lipinski definition) is 5. The summed E-state index contributed by atoms with van der Waals surface area (Å²) in [6.45, 7) is 2.28. The third-order valence-electron chi connectivity index (χ3n) is 5.12. The molecule has 0 radical (unpaired) electrons. The van der Waals surface area contributed by atoms with Crippen molar-refractivity contribution in [3.8, 4) is 0 Å². The van der Waals surface area contributed by atoms with Crippen LogP contribution < -0.4 is 5.32 Å². The fraction of sp³-hybridized carbons (Fsp3) is 0.286. The van der Waals surface area contributed by atoms with Crippen LogP contribution in [0.25, 0.3) is 10.8 Å². The van der Waals surface area contributed by atoms with Crippen molar-refractivity contribution in [1.29, 1.82) is 0 Å². The molecule has 1 aliphatic rings. The zero-order chi connectivity index (χ0) is 21.1. The lowest BCUT2D eigenvalue weighted by Gasteiger charge is -2.21. The number of amides is 1. The van der Waals surface area contributed by atoms with Crippen LogP contribution in [0.3, 0.4) is 0 Å². The zero-order valence-corrected chi connectivity index (χ0v) is 19.5. The van der Waals surface area contributed by atoms with E-state index in [1.807, 2.05) is 47.4 Å². The molecule has 1 saturated heterocycles. The highest BCUT2D eigenvalue weighted by atomic mass is 79.9. The lowest BCUT2D eigenvalue weighted by atomic mass is 10.1. The minimum atomic E-state index is -3.49. The van der Waals surface area contributed by atoms with E-state index >= 15 is 0 Å². The van der Waals surface area contributed by atoms with Crippen molar-refractivity contribution >= 4 is 59.7 Å². The van der Waals surface area contributed by atoms with E-state index in [0.717, 1.165) is 20.2 Å². The molecule has 6 nitrogen and oxygen atoms in total. The Hall–Kier alpha value is -1.78. The summed E-state index contributed by atoms with van der Waals surface area (Å²) in [5, 5.41) is 5.09. The number of fused-ring (bicyclic) bond motifs is 1. The van der Waals surface area contributed by atoms with E-state index in [-0.39, 0.29) is 12.5 Å². The summed E-state index contributed by atoms with van der Waals surface area (Å²) in [6, 6.07) is 17.1. The van der Waals surface area contributed by atoms with Crippen LogP contribution in [0.1, 0.15) is 6.42 Å². The maximum absolute atomic E-state index is 12.9. The topological polar surface area (TPSA) is 69.7 Å². The monoisotopic (exact) mass is 507 g/mol. The third-order valence-corrected chi connectivity index (χ3v) is 9.11. The molecule has 2 heterocycles. The van der Waals surface area contributed by atoms with Crippen LogP contribution in [-0.2, 0) is 14.8 Å². The number of nitrogens with one attached hydrogen (secondary N) is 1. The summed E-state index contributed by atoms with van der Waals surface area (Å²) in [5.74, 6) is -0.0927. The number of sulfonamides is 1. The second-order valence-electron chi connectivity index (χ2n) is 7.17. The minimum Gasteiger partial charge on any atom is -0.324 e. The molecule has 3 aromatic rings. The third kappa shape index (κ3) is 4.76. The smallest absolute Gasteiger partial charge is 0.252 e. The standard InChI is InChI=1S/C21H22BrN3O3S2/c22-19-9-10-21(29-19)30(27,28)25-12-4-11-24(13-14-25)15-20(26)23-18-8-3-6-16-5-1-2-7-17(16)18/h1-3,5-10H,4,11-15H2,(H,23,26). The molecular weight excluding hydrogens is 486 g/mol. The molecule has 4 rings (SSSR count). The molecule has 1 aliphatic heterocycles. The average molecular weight is 508 g/mol. The number of carbonyl (C=O) groups excluding carboxylic acids is 1. The van der Waals surface area contributed by atoms with E-state index in [9.17, 15) is 13.2 Å². The largest absolute Gasteiger partial charge is 0.324 e. The highest BCUT2D eigenvalue weighted by molar-refractivity contribution is 9.11. The van der Waals surface area contributed by atoms with Crippen LogP contribution in [0.4, 0.5) is 5.69 Å². The molecule has 0 bridgehead atoms. The Bertz CT molecular complexity index is 1160. The Balaban J connectivity index is 1.38. The van der Waals surface area contributed by atoms with Gasteiger partial charge >= 0.3 is 0 Å². The van der Waals surface area contributed by atoms with Crippen molar-refractivity contribution in [3.63, 3.8) is 0 Å². The lowest BCUT2D eigenvalue weighted by Crippen LogP contribution is -2.37. The van der Waals surface area contributed by atoms with Gasteiger partial charge in [0.05, 0.1) is 10.3 Å². The first-order chi connectivity index (χ1) is 14.4. The molecule has 9 heteroatoms. The fourth-order valence-corrected chi connectivity index (χ4v) is 7.27. The molecule has 30 heavy (non-hydrogen) atoms. The predicted molar refractivity (Wildman–Crippen MR) is 124 cm³/mol. The predicted octanol–water partition coefficient (Wildman–Crippen LogP) is 4.00. The zero-order valence-electron chi connectivity index (χ0n) is 16.3. The van der Waals surface area contributed by atoms with E-state index in [1.165, 1.54) is 15.6 Å². The molecule has 0 unspecified atom stereocenters. The summed E-state index contributed by atoms with van der Waals surface area (Å²) in [4.78, 5) is 14.7. The fourth-order valence-electron chi connectivity index (χ4n) is 3.64. The van der Waals surface area contributed by atoms with E-state index < -0.39 is 10.0 Å². The SMILES string of the molecule is O=C(CN1CCCN(S(=O)(=O)c2ccc(Br)s2)CC1)Nc1cccc2ccccc12. The van der Waals surface area contributed by atoms with Gasteiger partial charge in [-0.15, -0.1) is 11.3 Å². The highest BCUT2D eigenvalue weighted by Gasteiger charge is 2.28. The van der Waals surface area contributed by atoms with Gasteiger partial charge in [-0.05, 0) is 52.5 Å². The second kappa shape index (κ2) is 9.15. The number of hydrogen-bond donors (Lipinski definition) is 1. The number of benzene rings is 2. The Morgan fingerprint density at radius 3 is 2.60 bits per heavy atom. The van der Waals surface area contributed by atoms with Gasteiger partial charge in [0.25, 0.3) is 10.0 Å². The van der Waals surface area contributed by atoms with Gasteiger partial charge in [0.15, 0.2) is 0 Å². The number of nitrogens with zero attached hydrogens (tertiary/aromatic N) is 2. The Morgan fingerprint density at radius 1 is 1.00 bits per heavy atom. The Kier molecular flexibility index (Phi) is 6.54. The van der Waals surface area contributed by atoms with Crippen LogP contribution >= 0.6 is 27.3 Å². The summed E-state index contributed by atoms with van der Waals surface area (Å²) < 4.78 is 28.4. The lowest BCUT2D eigenvalue weighted by molar-refractivity contribution is -0.117. The number of halogens is 1. The Morgan fingerprint density at radius 2 is 1.80 bits per heavy atom. The van der Waals surface area contributed by atoms with Crippen molar-refractivity contribution in [1.82, 2.24) is 9.21 Å². The van der Waals surface area contributed by atoms with Gasteiger partial charge in [-0.2, -0.15) is 4.31 Å². The van der Waals surface area contributed by atoms with Crippen molar-refractivity contribution in [2.45, 2.75) is 10.6 Å². The van der Waals surface area contributed by atoms with Gasteiger partial charge < -0.3 is 5.32 Å². The first-order valence-corrected chi connectivity index (χ1v) is 12.7. The normalized spacial score (nSPS) is 16.4. The molecular formula is C21H22BrN3O3S2. The molecule has 1 amide bonds. The quantitative estimate of drug-likeness (QED) is 0.566. The summed E-state index contributed by atoms with van der Waals surface area (Å²) in [6.07, 6.45) is 0.688.